The lowest BCUT2D eigenvalue weighted by Crippen LogP contribution is -2.07. The summed E-state index contributed by atoms with van der Waals surface area (Å²) in [5.41, 5.74) is 25.1. The zero-order valence-electron chi connectivity index (χ0n) is 41.1. The molecule has 2 aliphatic rings. The molecule has 67 heavy (non-hydrogen) atoms. The largest absolute Gasteiger partial charge is 0.314 e. The van der Waals surface area contributed by atoms with E-state index in [1.165, 1.54) is 103 Å². The Hall–Kier alpha value is -6.10. The zero-order chi connectivity index (χ0) is 46.9. The first-order valence-electron chi connectivity index (χ1n) is 24.8. The standard InChI is InChI=1S/C55H59N3S.C8H10/c1-7-17-46-48-23-13-15-25-52(48)57(50(46)19-9-3)42-31-27-39(28-32-42)44-35-36-45(55(54(44)56-6)59-37-41-22-12-11-21-38(41)5)40-29-33-43(34-30-40)58-51(20-10-4)47(18-8-2)49-24-14-16-26-53(49)58;1-7-5-3-4-6-8(7)2/h9-12,15,19-22,25,27-36H,6-8,13-14,16-18,23-24,26,37H2,1-5H3;3-6H,1-2H3/b19-9-,20-10-;. The van der Waals surface area contributed by atoms with Crippen LogP contribution in [0, 0.1) is 20.8 Å². The smallest absolute Gasteiger partial charge is 0.0842 e. The van der Waals surface area contributed by atoms with Crippen LogP contribution in [0.15, 0.2) is 137 Å². The highest BCUT2D eigenvalue weighted by molar-refractivity contribution is 7.98. The quantitative estimate of drug-likeness (QED) is 0.0787. The van der Waals surface area contributed by atoms with Gasteiger partial charge in [-0.15, -0.1) is 11.8 Å². The summed E-state index contributed by atoms with van der Waals surface area (Å²) < 4.78 is 5.03. The van der Waals surface area contributed by atoms with Crippen LogP contribution in [0.5, 0.6) is 0 Å². The van der Waals surface area contributed by atoms with Gasteiger partial charge in [-0.1, -0.05) is 130 Å². The van der Waals surface area contributed by atoms with E-state index in [9.17, 15) is 0 Å². The molecular formula is C63H69N3S. The van der Waals surface area contributed by atoms with Gasteiger partial charge in [0.25, 0.3) is 0 Å². The molecule has 0 N–H and O–H groups in total. The minimum absolute atomic E-state index is 0.852. The third-order valence-electron chi connectivity index (χ3n) is 13.8. The third kappa shape index (κ3) is 9.97. The number of aromatic nitrogens is 2. The van der Waals surface area contributed by atoms with Gasteiger partial charge >= 0.3 is 0 Å². The van der Waals surface area contributed by atoms with Crippen LogP contribution < -0.4 is 0 Å². The van der Waals surface area contributed by atoms with Crippen LogP contribution in [0.1, 0.15) is 127 Å². The van der Waals surface area contributed by atoms with Gasteiger partial charge in [-0.25, -0.2) is 0 Å². The molecule has 0 atom stereocenters. The van der Waals surface area contributed by atoms with Gasteiger partial charge in [-0.2, -0.15) is 0 Å². The van der Waals surface area contributed by atoms with Crippen molar-refractivity contribution in [3.63, 3.8) is 0 Å². The molecule has 0 spiro atoms. The molecule has 342 valence electrons. The first kappa shape index (κ1) is 47.4. The SMILES string of the molecule is C=Nc1c(-c2ccc(-n3c4c(c(CCC)c3/C=C\C)CCC=C4)cc2)ccc(-c2ccc(-n3c(/C=C\C)c(CCC)c4c3CCCC4)cc2)c1SCc1ccccc1C.Cc1ccccc1C. The molecule has 3 nitrogen and oxygen atoms in total. The number of rotatable bonds is 14. The van der Waals surface area contributed by atoms with E-state index in [1.807, 2.05) is 11.8 Å². The molecule has 0 aliphatic heterocycles. The highest BCUT2D eigenvalue weighted by Gasteiger charge is 2.25. The van der Waals surface area contributed by atoms with Gasteiger partial charge in [-0.05, 0) is 196 Å². The van der Waals surface area contributed by atoms with Gasteiger partial charge in [0.1, 0.15) is 0 Å². The Kier molecular flexibility index (Phi) is 15.7. The van der Waals surface area contributed by atoms with E-state index in [4.69, 9.17) is 4.99 Å². The summed E-state index contributed by atoms with van der Waals surface area (Å²) in [6, 6.07) is 40.1. The van der Waals surface area contributed by atoms with Crippen molar-refractivity contribution in [1.82, 2.24) is 9.13 Å². The second-order valence-electron chi connectivity index (χ2n) is 18.2. The van der Waals surface area contributed by atoms with Crippen molar-refractivity contribution >= 4 is 42.4 Å². The van der Waals surface area contributed by atoms with Crippen LogP contribution >= 0.6 is 11.8 Å². The normalized spacial score (nSPS) is 13.2. The summed E-state index contributed by atoms with van der Waals surface area (Å²) in [7, 11) is 0. The minimum Gasteiger partial charge on any atom is -0.314 e. The van der Waals surface area contributed by atoms with Crippen molar-refractivity contribution in [1.29, 1.82) is 0 Å². The molecular weight excluding hydrogens is 831 g/mol. The van der Waals surface area contributed by atoms with Crippen molar-refractivity contribution in [3.05, 3.63) is 195 Å². The second-order valence-corrected chi connectivity index (χ2v) is 19.2. The van der Waals surface area contributed by atoms with Gasteiger partial charge in [0, 0.05) is 50.4 Å². The number of nitrogens with zero attached hydrogens (tertiary/aromatic N) is 3. The Morgan fingerprint density at radius 3 is 1.76 bits per heavy atom. The molecule has 9 rings (SSSR count). The fraction of sp³-hybridized carbons (Fsp3) is 0.286. The van der Waals surface area contributed by atoms with Crippen LogP contribution in [-0.4, -0.2) is 15.9 Å². The average Bonchev–Trinajstić information content (AvgIpc) is 3.83. The van der Waals surface area contributed by atoms with E-state index in [2.05, 4.69) is 210 Å². The van der Waals surface area contributed by atoms with Crippen molar-refractivity contribution in [3.8, 4) is 33.6 Å². The van der Waals surface area contributed by atoms with Crippen LogP contribution in [0.25, 0.3) is 51.9 Å². The van der Waals surface area contributed by atoms with Crippen molar-refractivity contribution < 1.29 is 0 Å². The van der Waals surface area contributed by atoms with Crippen LogP contribution in [0.3, 0.4) is 0 Å². The summed E-state index contributed by atoms with van der Waals surface area (Å²) in [5.74, 6) is 0.852. The Morgan fingerprint density at radius 1 is 0.612 bits per heavy atom. The predicted molar refractivity (Wildman–Crippen MR) is 293 cm³/mol. The molecule has 4 heteroatoms. The van der Waals surface area contributed by atoms with Crippen LogP contribution in [0.2, 0.25) is 0 Å². The summed E-state index contributed by atoms with van der Waals surface area (Å²) >= 11 is 1.87. The van der Waals surface area contributed by atoms with Crippen LogP contribution in [0.4, 0.5) is 5.69 Å². The molecule has 5 aromatic carbocycles. The van der Waals surface area contributed by atoms with Gasteiger partial charge in [0.05, 0.1) is 5.69 Å². The van der Waals surface area contributed by atoms with Crippen molar-refractivity contribution in [2.45, 2.75) is 123 Å². The first-order chi connectivity index (χ1) is 32.8. The van der Waals surface area contributed by atoms with Gasteiger partial charge in [-0.3, -0.25) is 4.99 Å². The van der Waals surface area contributed by atoms with Gasteiger partial charge < -0.3 is 9.13 Å². The molecule has 2 aliphatic carbocycles. The molecule has 7 aromatic rings. The maximum Gasteiger partial charge on any atom is 0.0842 e. The summed E-state index contributed by atoms with van der Waals surface area (Å²) in [6.45, 7) is 19.5. The molecule has 0 amide bonds. The Morgan fingerprint density at radius 2 is 1.16 bits per heavy atom. The van der Waals surface area contributed by atoms with Crippen LogP contribution in [-0.2, 0) is 37.9 Å². The fourth-order valence-electron chi connectivity index (χ4n) is 10.3. The molecule has 0 unspecified atom stereocenters. The molecule has 0 saturated carbocycles. The summed E-state index contributed by atoms with van der Waals surface area (Å²) in [5, 5.41) is 0. The monoisotopic (exact) mass is 900 g/mol. The minimum atomic E-state index is 0.852. The lowest BCUT2D eigenvalue weighted by molar-refractivity contribution is 0.659. The van der Waals surface area contributed by atoms with E-state index >= 15 is 0 Å². The highest BCUT2D eigenvalue weighted by Crippen LogP contribution is 2.47. The molecule has 0 bridgehead atoms. The van der Waals surface area contributed by atoms with Gasteiger partial charge in [0.2, 0.25) is 0 Å². The topological polar surface area (TPSA) is 22.2 Å². The highest BCUT2D eigenvalue weighted by atomic mass is 32.2. The number of fused-ring (bicyclic) bond motifs is 2. The molecule has 2 heterocycles. The van der Waals surface area contributed by atoms with E-state index in [-0.39, 0.29) is 0 Å². The number of thioether (sulfide) groups is 1. The summed E-state index contributed by atoms with van der Waals surface area (Å²) in [4.78, 5) is 5.99. The molecule has 2 aromatic heterocycles. The lowest BCUT2D eigenvalue weighted by atomic mass is 9.92. The Bertz CT molecular complexity index is 2910. The Balaban J connectivity index is 0.000000689. The molecule has 0 saturated heterocycles. The maximum atomic E-state index is 4.83. The number of benzene rings is 5. The number of hydrogen-bond acceptors (Lipinski definition) is 2. The summed E-state index contributed by atoms with van der Waals surface area (Å²) in [6.07, 6.45) is 25.3. The predicted octanol–water partition coefficient (Wildman–Crippen LogP) is 17.6. The molecule has 0 fully saturated rings. The third-order valence-corrected chi connectivity index (χ3v) is 15.0. The number of aryl methyl sites for hydroxylation is 3. The first-order valence-corrected chi connectivity index (χ1v) is 25.8. The maximum absolute atomic E-state index is 4.83. The average molecular weight is 900 g/mol. The Labute approximate surface area is 406 Å². The second kappa shape index (κ2) is 22.1. The van der Waals surface area contributed by atoms with Crippen molar-refractivity contribution in [2.75, 3.05) is 0 Å². The van der Waals surface area contributed by atoms with E-state index in [1.54, 1.807) is 11.1 Å². The van der Waals surface area contributed by atoms with E-state index < -0.39 is 0 Å². The zero-order valence-corrected chi connectivity index (χ0v) is 41.9. The van der Waals surface area contributed by atoms with E-state index in [0.29, 0.717) is 0 Å². The number of aliphatic imine (C=N–C) groups is 1. The van der Waals surface area contributed by atoms with Crippen molar-refractivity contribution in [2.24, 2.45) is 4.99 Å². The molecule has 0 radical (unpaired) electrons. The number of hydrogen-bond donors (Lipinski definition) is 0. The van der Waals surface area contributed by atoms with E-state index in [0.717, 1.165) is 67.5 Å². The number of allylic oxidation sites excluding steroid dienone is 3. The lowest BCUT2D eigenvalue weighted by Gasteiger charge is -2.19. The fourth-order valence-corrected chi connectivity index (χ4v) is 11.6. The van der Waals surface area contributed by atoms with Gasteiger partial charge in [0.15, 0.2) is 0 Å².